The van der Waals surface area contributed by atoms with Crippen molar-refractivity contribution in [2.45, 2.75) is 37.5 Å². The first kappa shape index (κ1) is 19.7. The Morgan fingerprint density at radius 3 is 2.43 bits per heavy atom. The Morgan fingerprint density at radius 1 is 1.04 bits per heavy atom. The molecule has 3 atom stereocenters. The van der Waals surface area contributed by atoms with Crippen LogP contribution in [-0.2, 0) is 9.53 Å². The van der Waals surface area contributed by atoms with Crippen LogP contribution in [0.2, 0.25) is 10.0 Å². The zero-order chi connectivity index (χ0) is 19.7. The van der Waals surface area contributed by atoms with Gasteiger partial charge < -0.3 is 14.7 Å². The van der Waals surface area contributed by atoms with E-state index in [2.05, 4.69) is 0 Å². The number of halogens is 2. The van der Waals surface area contributed by atoms with Crippen LogP contribution in [0, 0.1) is 5.92 Å². The zero-order valence-corrected chi connectivity index (χ0v) is 16.9. The first-order valence-corrected chi connectivity index (χ1v) is 10.4. The Labute approximate surface area is 175 Å². The van der Waals surface area contributed by atoms with Crippen LogP contribution < -0.4 is 0 Å². The predicted octanol–water partition coefficient (Wildman–Crippen LogP) is 4.80. The van der Waals surface area contributed by atoms with E-state index >= 15 is 0 Å². The van der Waals surface area contributed by atoms with Gasteiger partial charge in [0.15, 0.2) is 0 Å². The minimum absolute atomic E-state index is 0.0563. The van der Waals surface area contributed by atoms with E-state index in [9.17, 15) is 9.90 Å². The van der Waals surface area contributed by atoms with Crippen molar-refractivity contribution in [3.63, 3.8) is 0 Å². The van der Waals surface area contributed by atoms with E-state index in [1.165, 1.54) is 0 Å². The molecule has 4 rings (SSSR count). The quantitative estimate of drug-likeness (QED) is 0.731. The van der Waals surface area contributed by atoms with Gasteiger partial charge in [-0.15, -0.1) is 0 Å². The Bertz CT molecular complexity index is 838. The lowest BCUT2D eigenvalue weighted by atomic mass is 9.91. The van der Waals surface area contributed by atoms with Gasteiger partial charge in [-0.2, -0.15) is 0 Å². The van der Waals surface area contributed by atoms with Crippen LogP contribution in [0.3, 0.4) is 0 Å². The van der Waals surface area contributed by atoms with E-state index in [4.69, 9.17) is 27.9 Å². The molecule has 2 aromatic carbocycles. The number of aliphatic hydroxyl groups is 1. The molecule has 0 bridgehead atoms. The third-order valence-electron chi connectivity index (χ3n) is 5.42. The molecule has 1 amide bonds. The Morgan fingerprint density at radius 2 is 1.79 bits per heavy atom. The highest BCUT2D eigenvalue weighted by Gasteiger charge is 2.45. The second kappa shape index (κ2) is 8.42. The van der Waals surface area contributed by atoms with Crippen LogP contribution in [0.15, 0.2) is 48.5 Å². The van der Waals surface area contributed by atoms with Crippen LogP contribution >= 0.6 is 23.2 Å². The number of aliphatic hydroxyl groups excluding tert-OH is 1. The summed E-state index contributed by atoms with van der Waals surface area (Å²) >= 11 is 12.3. The zero-order valence-electron chi connectivity index (χ0n) is 15.4. The molecular formula is C22H23Cl2NO3. The largest absolute Gasteiger partial charge is 0.396 e. The molecule has 2 aliphatic rings. The smallest absolute Gasteiger partial charge is 0.252 e. The monoisotopic (exact) mass is 419 g/mol. The maximum Gasteiger partial charge on any atom is 0.252 e. The molecule has 0 radical (unpaired) electrons. The van der Waals surface area contributed by atoms with Crippen LogP contribution in [0.5, 0.6) is 0 Å². The van der Waals surface area contributed by atoms with E-state index in [0.29, 0.717) is 22.5 Å². The molecule has 28 heavy (non-hydrogen) atoms. The molecule has 1 saturated carbocycles. The number of carbonyl (C=O) groups excluding carboxylic acids is 1. The van der Waals surface area contributed by atoms with Gasteiger partial charge in [0.25, 0.3) is 5.91 Å². The topological polar surface area (TPSA) is 49.8 Å². The molecule has 6 heteroatoms. The third kappa shape index (κ3) is 4.20. The molecule has 0 aromatic heterocycles. The first-order valence-electron chi connectivity index (χ1n) is 9.64. The van der Waals surface area contributed by atoms with Gasteiger partial charge >= 0.3 is 0 Å². The number of nitrogens with zero attached hydrogens (tertiary/aromatic N) is 1. The van der Waals surface area contributed by atoms with E-state index in [1.807, 2.05) is 53.4 Å². The lowest BCUT2D eigenvalue weighted by Gasteiger charge is -2.45. The first-order chi connectivity index (χ1) is 13.6. The van der Waals surface area contributed by atoms with Gasteiger partial charge in [-0.25, -0.2) is 0 Å². The van der Waals surface area contributed by atoms with Gasteiger partial charge in [0, 0.05) is 29.6 Å². The number of hydrogen-bond acceptors (Lipinski definition) is 3. The molecule has 1 N–H and O–H groups in total. The number of ether oxygens (including phenoxy) is 1. The number of hydrogen-bond donors (Lipinski definition) is 1. The van der Waals surface area contributed by atoms with Crippen molar-refractivity contribution >= 4 is 29.1 Å². The van der Waals surface area contributed by atoms with Gasteiger partial charge in [0.05, 0.1) is 6.04 Å². The van der Waals surface area contributed by atoms with Crippen molar-refractivity contribution in [2.24, 2.45) is 5.92 Å². The van der Waals surface area contributed by atoms with Crippen LogP contribution in [0.25, 0.3) is 0 Å². The summed E-state index contributed by atoms with van der Waals surface area (Å²) < 4.78 is 6.27. The van der Waals surface area contributed by atoms with E-state index in [0.717, 1.165) is 24.0 Å². The van der Waals surface area contributed by atoms with Gasteiger partial charge in [-0.1, -0.05) is 47.5 Å². The molecule has 2 fully saturated rings. The summed E-state index contributed by atoms with van der Waals surface area (Å²) in [6.07, 6.45) is 1.54. The van der Waals surface area contributed by atoms with E-state index < -0.39 is 6.10 Å². The number of carbonyl (C=O) groups is 1. The maximum atomic E-state index is 13.2. The average Bonchev–Trinajstić information content (AvgIpc) is 3.50. The van der Waals surface area contributed by atoms with Gasteiger partial charge in [0.2, 0.25) is 0 Å². The Balaban J connectivity index is 1.78. The van der Waals surface area contributed by atoms with Gasteiger partial charge in [-0.05, 0) is 54.2 Å². The van der Waals surface area contributed by atoms with Gasteiger partial charge in [0.1, 0.15) is 12.2 Å². The second-order valence-corrected chi connectivity index (χ2v) is 8.42. The molecule has 1 aliphatic carbocycles. The summed E-state index contributed by atoms with van der Waals surface area (Å²) in [6.45, 7) is 0.607. The maximum absolute atomic E-state index is 13.2. The van der Waals surface area contributed by atoms with Gasteiger partial charge in [-0.3, -0.25) is 4.79 Å². The van der Waals surface area contributed by atoms with Crippen molar-refractivity contribution in [3.05, 3.63) is 69.7 Å². The number of amides is 1. The molecule has 1 heterocycles. The molecule has 4 nitrogen and oxygen atoms in total. The summed E-state index contributed by atoms with van der Waals surface area (Å²) in [5.74, 6) is 0.478. The predicted molar refractivity (Wildman–Crippen MR) is 109 cm³/mol. The molecule has 2 aromatic rings. The number of benzene rings is 2. The fourth-order valence-electron chi connectivity index (χ4n) is 3.85. The van der Waals surface area contributed by atoms with Crippen molar-refractivity contribution in [2.75, 3.05) is 13.2 Å². The molecule has 1 aliphatic heterocycles. The van der Waals surface area contributed by atoms with Crippen molar-refractivity contribution in [1.29, 1.82) is 0 Å². The van der Waals surface area contributed by atoms with E-state index in [1.54, 1.807) is 0 Å². The fourth-order valence-corrected chi connectivity index (χ4v) is 4.17. The highest BCUT2D eigenvalue weighted by atomic mass is 35.5. The molecule has 3 unspecified atom stereocenters. The third-order valence-corrected chi connectivity index (χ3v) is 5.91. The highest BCUT2D eigenvalue weighted by Crippen LogP contribution is 2.45. The van der Waals surface area contributed by atoms with Crippen LogP contribution in [0.1, 0.15) is 42.5 Å². The summed E-state index contributed by atoms with van der Waals surface area (Å²) in [7, 11) is 0. The minimum Gasteiger partial charge on any atom is -0.396 e. The standard InChI is InChI=1S/C22H23Cl2NO3/c23-17-8-6-15(7-9-17)20-21(16-2-1-3-18(24)12-16)28-19(10-11-26)22(27)25(20)13-14-4-5-14/h1-3,6-9,12,14,19-21,26H,4-5,10-11,13H2. The summed E-state index contributed by atoms with van der Waals surface area (Å²) in [5, 5.41) is 10.7. The Kier molecular flexibility index (Phi) is 5.93. The normalized spacial score (nSPS) is 25.2. The SMILES string of the molecule is O=C1C(CCO)OC(c2cccc(Cl)c2)C(c2ccc(Cl)cc2)N1CC1CC1. The molecule has 1 saturated heterocycles. The summed E-state index contributed by atoms with van der Waals surface area (Å²) in [5.41, 5.74) is 1.90. The van der Waals surface area contributed by atoms with Crippen LogP contribution in [0.4, 0.5) is 0 Å². The number of morpholine rings is 1. The van der Waals surface area contributed by atoms with Crippen molar-refractivity contribution in [3.8, 4) is 0 Å². The summed E-state index contributed by atoms with van der Waals surface area (Å²) in [6, 6.07) is 14.9. The number of rotatable bonds is 6. The fraction of sp³-hybridized carbons (Fsp3) is 0.409. The minimum atomic E-state index is -0.656. The summed E-state index contributed by atoms with van der Waals surface area (Å²) in [4.78, 5) is 15.2. The molecule has 0 spiro atoms. The van der Waals surface area contributed by atoms with Crippen molar-refractivity contribution in [1.82, 2.24) is 4.90 Å². The molecule has 148 valence electrons. The average molecular weight is 420 g/mol. The van der Waals surface area contributed by atoms with Crippen LogP contribution in [-0.4, -0.2) is 35.2 Å². The van der Waals surface area contributed by atoms with Crippen molar-refractivity contribution < 1.29 is 14.6 Å². The highest BCUT2D eigenvalue weighted by molar-refractivity contribution is 6.30. The lowest BCUT2D eigenvalue weighted by Crippen LogP contribution is -2.51. The van der Waals surface area contributed by atoms with E-state index in [-0.39, 0.29) is 31.1 Å². The second-order valence-electron chi connectivity index (χ2n) is 7.54. The Hall–Kier alpha value is -1.59. The lowest BCUT2D eigenvalue weighted by molar-refractivity contribution is -0.176. The molecular weight excluding hydrogens is 397 g/mol.